The van der Waals surface area contributed by atoms with Crippen molar-refractivity contribution >= 4 is 39.5 Å². The number of rotatable bonds is 5. The minimum atomic E-state index is 0.0317. The van der Waals surface area contributed by atoms with Crippen molar-refractivity contribution in [3.63, 3.8) is 0 Å². The van der Waals surface area contributed by atoms with Gasteiger partial charge in [-0.05, 0) is 48.9 Å². The maximum atomic E-state index is 11.7. The molecule has 1 N–H and O–H groups in total. The number of hydrogen-bond acceptors (Lipinski definition) is 5. The highest BCUT2D eigenvalue weighted by molar-refractivity contribution is 7.16. The molecule has 0 saturated carbocycles. The maximum Gasteiger partial charge on any atom is 0.237 e. The van der Waals surface area contributed by atoms with Gasteiger partial charge in [0, 0.05) is 43.8 Å². The molecule has 1 fully saturated rings. The number of anilines is 2. The van der Waals surface area contributed by atoms with Crippen LogP contribution < -0.4 is 5.32 Å². The Morgan fingerprint density at radius 1 is 1.22 bits per heavy atom. The first-order valence-electron chi connectivity index (χ1n) is 9.60. The van der Waals surface area contributed by atoms with Crippen LogP contribution in [0.4, 0.5) is 10.7 Å². The first-order valence-corrected chi connectivity index (χ1v) is 11.0. The molecule has 2 aromatic heterocycles. The fourth-order valence-corrected chi connectivity index (χ4v) is 5.17. The van der Waals surface area contributed by atoms with Gasteiger partial charge in [0.2, 0.25) is 5.91 Å². The zero-order valence-electron chi connectivity index (χ0n) is 15.4. The maximum absolute atomic E-state index is 11.7. The summed E-state index contributed by atoms with van der Waals surface area (Å²) in [5, 5.41) is 4.82. The van der Waals surface area contributed by atoms with E-state index in [9.17, 15) is 4.79 Å². The lowest BCUT2D eigenvalue weighted by atomic mass is 10.00. The van der Waals surface area contributed by atoms with Gasteiger partial charge in [-0.25, -0.2) is 0 Å². The third kappa shape index (κ3) is 4.45. The average molecular weight is 405 g/mol. The lowest BCUT2D eigenvalue weighted by Gasteiger charge is -2.34. The van der Waals surface area contributed by atoms with Gasteiger partial charge in [0.25, 0.3) is 0 Å². The fraction of sp³-hybridized carbons (Fsp3) is 0.500. The summed E-state index contributed by atoms with van der Waals surface area (Å²) in [6, 6.07) is 4.40. The van der Waals surface area contributed by atoms with Gasteiger partial charge in [0.15, 0.2) is 0 Å². The largest absolute Gasteiger partial charge is 0.346 e. The molecular formula is C20H25ClN4OS. The molecule has 7 heteroatoms. The Balaban J connectivity index is 1.41. The molecule has 2 aromatic rings. The Morgan fingerprint density at radius 2 is 2.04 bits per heavy atom. The SMILES string of the molecule is O=C(CCl)N1CCN(Cc2ccncc2Nc2cc3c(s2)CCCC3)CC1. The van der Waals surface area contributed by atoms with Crippen molar-refractivity contribution in [2.24, 2.45) is 0 Å². The van der Waals surface area contributed by atoms with Crippen molar-refractivity contribution in [2.75, 3.05) is 37.4 Å². The Hall–Kier alpha value is -1.63. The number of carbonyl (C=O) groups excluding carboxylic acids is 1. The molecule has 0 radical (unpaired) electrons. The summed E-state index contributed by atoms with van der Waals surface area (Å²) in [5.41, 5.74) is 3.84. The molecule has 5 nitrogen and oxygen atoms in total. The van der Waals surface area contributed by atoms with Crippen molar-refractivity contribution in [2.45, 2.75) is 32.2 Å². The lowest BCUT2D eigenvalue weighted by Crippen LogP contribution is -2.48. The highest BCUT2D eigenvalue weighted by Crippen LogP contribution is 2.35. The van der Waals surface area contributed by atoms with Crippen molar-refractivity contribution in [1.29, 1.82) is 0 Å². The van der Waals surface area contributed by atoms with Crippen LogP contribution in [0.1, 0.15) is 28.8 Å². The van der Waals surface area contributed by atoms with Crippen LogP contribution in [-0.4, -0.2) is 52.8 Å². The van der Waals surface area contributed by atoms with Gasteiger partial charge in [-0.15, -0.1) is 22.9 Å². The quantitative estimate of drug-likeness (QED) is 0.773. The van der Waals surface area contributed by atoms with E-state index in [0.29, 0.717) is 0 Å². The molecule has 1 amide bonds. The average Bonchev–Trinajstić information content (AvgIpc) is 3.12. The van der Waals surface area contributed by atoms with Crippen molar-refractivity contribution in [3.8, 4) is 0 Å². The van der Waals surface area contributed by atoms with E-state index in [0.717, 1.165) is 38.4 Å². The van der Waals surface area contributed by atoms with E-state index in [1.165, 1.54) is 46.7 Å². The van der Waals surface area contributed by atoms with Crippen molar-refractivity contribution in [3.05, 3.63) is 40.5 Å². The highest BCUT2D eigenvalue weighted by Gasteiger charge is 2.21. The Kier molecular flexibility index (Phi) is 5.95. The number of aryl methyl sites for hydroxylation is 2. The number of amides is 1. The monoisotopic (exact) mass is 404 g/mol. The van der Waals surface area contributed by atoms with E-state index < -0.39 is 0 Å². The number of nitrogens with one attached hydrogen (secondary N) is 1. The molecule has 0 spiro atoms. The minimum Gasteiger partial charge on any atom is -0.346 e. The summed E-state index contributed by atoms with van der Waals surface area (Å²) in [6.45, 7) is 4.10. The van der Waals surface area contributed by atoms with Gasteiger partial charge < -0.3 is 10.2 Å². The zero-order valence-corrected chi connectivity index (χ0v) is 17.0. The molecule has 144 valence electrons. The predicted octanol–water partition coefficient (Wildman–Crippen LogP) is 3.65. The number of hydrogen-bond donors (Lipinski definition) is 1. The van der Waals surface area contributed by atoms with E-state index >= 15 is 0 Å². The van der Waals surface area contributed by atoms with Gasteiger partial charge in [0.1, 0.15) is 5.88 Å². The molecule has 27 heavy (non-hydrogen) atoms. The number of thiophene rings is 1. The van der Waals surface area contributed by atoms with Gasteiger partial charge in [-0.2, -0.15) is 0 Å². The number of fused-ring (bicyclic) bond motifs is 1. The smallest absolute Gasteiger partial charge is 0.237 e. The lowest BCUT2D eigenvalue weighted by molar-refractivity contribution is -0.130. The van der Waals surface area contributed by atoms with Crippen molar-refractivity contribution in [1.82, 2.24) is 14.8 Å². The third-order valence-electron chi connectivity index (χ3n) is 5.40. The topological polar surface area (TPSA) is 48.5 Å². The summed E-state index contributed by atoms with van der Waals surface area (Å²) in [6.07, 6.45) is 8.81. The van der Waals surface area contributed by atoms with Crippen LogP contribution in [0.2, 0.25) is 0 Å². The van der Waals surface area contributed by atoms with E-state index in [4.69, 9.17) is 11.6 Å². The summed E-state index contributed by atoms with van der Waals surface area (Å²) in [7, 11) is 0. The first-order chi connectivity index (χ1) is 13.2. The molecule has 0 bridgehead atoms. The van der Waals surface area contributed by atoms with Gasteiger partial charge >= 0.3 is 0 Å². The summed E-state index contributed by atoms with van der Waals surface area (Å²) >= 11 is 7.55. The Morgan fingerprint density at radius 3 is 2.81 bits per heavy atom. The number of carbonyl (C=O) groups is 1. The molecule has 1 saturated heterocycles. The van der Waals surface area contributed by atoms with Gasteiger partial charge in [-0.3, -0.25) is 14.7 Å². The first kappa shape index (κ1) is 18.7. The van der Waals surface area contributed by atoms with Gasteiger partial charge in [0.05, 0.1) is 16.9 Å². The Bertz CT molecular complexity index is 778. The summed E-state index contributed by atoms with van der Waals surface area (Å²) in [4.78, 5) is 21.8. The zero-order chi connectivity index (χ0) is 18.6. The predicted molar refractivity (Wildman–Crippen MR) is 111 cm³/mol. The summed E-state index contributed by atoms with van der Waals surface area (Å²) < 4.78 is 0. The summed E-state index contributed by atoms with van der Waals surface area (Å²) in [5.74, 6) is 0.104. The number of nitrogens with zero attached hydrogens (tertiary/aromatic N) is 3. The molecule has 0 atom stereocenters. The molecular weight excluding hydrogens is 380 g/mol. The molecule has 0 aromatic carbocycles. The van der Waals surface area contributed by atoms with Crippen LogP contribution in [0.3, 0.4) is 0 Å². The van der Waals surface area contributed by atoms with Crippen LogP contribution >= 0.6 is 22.9 Å². The number of halogens is 1. The molecule has 1 aliphatic heterocycles. The molecule has 3 heterocycles. The molecule has 1 aliphatic carbocycles. The van der Waals surface area contributed by atoms with Crippen LogP contribution in [0.5, 0.6) is 0 Å². The Labute approximate surface area is 169 Å². The highest BCUT2D eigenvalue weighted by atomic mass is 35.5. The van der Waals surface area contributed by atoms with E-state index in [1.54, 1.807) is 0 Å². The van der Waals surface area contributed by atoms with E-state index in [2.05, 4.69) is 27.3 Å². The number of aromatic nitrogens is 1. The van der Waals surface area contributed by atoms with Crippen LogP contribution in [0, 0.1) is 0 Å². The van der Waals surface area contributed by atoms with Gasteiger partial charge in [-0.1, -0.05) is 0 Å². The second kappa shape index (κ2) is 8.59. The molecule has 2 aliphatic rings. The van der Waals surface area contributed by atoms with E-state index in [-0.39, 0.29) is 11.8 Å². The third-order valence-corrected chi connectivity index (χ3v) is 6.78. The standard InChI is InChI=1S/C20H25ClN4OS/c21-12-20(26)25-9-7-24(8-10-25)14-16-5-6-22-13-17(16)23-19-11-15-3-1-2-4-18(15)27-19/h5-6,11,13,23H,1-4,7-10,12,14H2. The molecule has 4 rings (SSSR count). The number of pyridine rings is 1. The van der Waals surface area contributed by atoms with E-state index in [1.807, 2.05) is 28.6 Å². The van der Waals surface area contributed by atoms with Crippen LogP contribution in [0.25, 0.3) is 0 Å². The van der Waals surface area contributed by atoms with Crippen LogP contribution in [0.15, 0.2) is 24.5 Å². The number of alkyl halides is 1. The van der Waals surface area contributed by atoms with Crippen molar-refractivity contribution < 1.29 is 4.79 Å². The normalized spacial score (nSPS) is 17.6. The molecule has 0 unspecified atom stereocenters. The minimum absolute atomic E-state index is 0.0317. The van der Waals surface area contributed by atoms with Crippen LogP contribution in [-0.2, 0) is 24.2 Å². The number of piperazine rings is 1. The second-order valence-corrected chi connectivity index (χ2v) is 8.62. The second-order valence-electron chi connectivity index (χ2n) is 7.21. The fourth-order valence-electron chi connectivity index (χ4n) is 3.84.